The molecule has 0 aromatic heterocycles. The van der Waals surface area contributed by atoms with Crippen molar-refractivity contribution in [3.63, 3.8) is 0 Å². The summed E-state index contributed by atoms with van der Waals surface area (Å²) in [7, 11) is -3.96. The maximum atomic E-state index is 12.1. The Morgan fingerprint density at radius 3 is 2.46 bits per heavy atom. The minimum absolute atomic E-state index is 0.0318. The number of primary sulfonamides is 1. The fraction of sp³-hybridized carbons (Fsp3) is 0.429. The number of hydrogen-bond acceptors (Lipinski definition) is 7. The number of rotatable bonds is 2. The number of guanidine groups is 2. The monoisotopic (exact) mass is 414 g/mol. The van der Waals surface area contributed by atoms with Crippen LogP contribution in [0.5, 0.6) is 0 Å². The minimum atomic E-state index is -3.96. The number of hydrogen-bond donors (Lipinski definition) is 3. The van der Waals surface area contributed by atoms with Crippen LogP contribution in [0, 0.1) is 0 Å². The molecule has 3 rings (SSSR count). The van der Waals surface area contributed by atoms with E-state index in [2.05, 4.69) is 25.9 Å². The Hall–Kier alpha value is -1.65. The third-order valence-corrected chi connectivity index (χ3v) is 5.91. The molecule has 0 bridgehead atoms. The van der Waals surface area contributed by atoms with Crippen molar-refractivity contribution in [1.82, 2.24) is 0 Å². The van der Waals surface area contributed by atoms with Crippen LogP contribution in [0.3, 0.4) is 0 Å². The molecule has 6 N–H and O–H groups in total. The van der Waals surface area contributed by atoms with Crippen LogP contribution in [0.1, 0.15) is 32.1 Å². The molecule has 0 amide bonds. The molecule has 130 valence electrons. The summed E-state index contributed by atoms with van der Waals surface area (Å²) in [6.07, 6.45) is 4.37. The van der Waals surface area contributed by atoms with Gasteiger partial charge in [0.2, 0.25) is 21.9 Å². The molecule has 0 saturated heterocycles. The van der Waals surface area contributed by atoms with E-state index in [1.807, 2.05) is 0 Å². The van der Waals surface area contributed by atoms with E-state index in [4.69, 9.17) is 16.6 Å². The van der Waals surface area contributed by atoms with Crippen LogP contribution < -0.4 is 21.5 Å². The van der Waals surface area contributed by atoms with E-state index < -0.39 is 15.7 Å². The number of anilines is 1. The first-order chi connectivity index (χ1) is 11.2. The lowest BCUT2D eigenvalue weighted by molar-refractivity contribution is 0.304. The molecule has 2 aliphatic rings. The number of halogens is 1. The van der Waals surface area contributed by atoms with Crippen LogP contribution in [0.25, 0.3) is 0 Å². The average molecular weight is 415 g/mol. The normalized spacial score (nSPS) is 20.7. The summed E-state index contributed by atoms with van der Waals surface area (Å²) in [5, 5.41) is 5.41. The van der Waals surface area contributed by atoms with Gasteiger partial charge in [0.1, 0.15) is 10.6 Å². The summed E-state index contributed by atoms with van der Waals surface area (Å²) in [5.74, 6) is 0.219. The van der Waals surface area contributed by atoms with Crippen molar-refractivity contribution in [2.24, 2.45) is 26.6 Å². The second-order valence-electron chi connectivity index (χ2n) is 5.95. The lowest BCUT2D eigenvalue weighted by Gasteiger charge is -2.46. The Kier molecular flexibility index (Phi) is 4.30. The van der Waals surface area contributed by atoms with Crippen molar-refractivity contribution >= 4 is 43.6 Å². The second-order valence-corrected chi connectivity index (χ2v) is 8.33. The third-order valence-electron chi connectivity index (χ3n) is 4.33. The van der Waals surface area contributed by atoms with Gasteiger partial charge in [0.05, 0.1) is 5.69 Å². The van der Waals surface area contributed by atoms with E-state index in [1.165, 1.54) is 6.07 Å². The van der Waals surface area contributed by atoms with Gasteiger partial charge >= 0.3 is 0 Å². The van der Waals surface area contributed by atoms with Gasteiger partial charge in [-0.25, -0.2) is 18.5 Å². The van der Waals surface area contributed by atoms with Crippen molar-refractivity contribution in [1.29, 1.82) is 0 Å². The van der Waals surface area contributed by atoms with E-state index in [-0.39, 0.29) is 16.8 Å². The predicted molar refractivity (Wildman–Crippen MR) is 97.1 cm³/mol. The van der Waals surface area contributed by atoms with Gasteiger partial charge in [-0.3, -0.25) is 4.90 Å². The molecular weight excluding hydrogens is 396 g/mol. The lowest BCUT2D eigenvalue weighted by Crippen LogP contribution is -2.58. The highest BCUT2D eigenvalue weighted by Crippen LogP contribution is 2.44. The largest absolute Gasteiger partial charge is 0.369 e. The summed E-state index contributed by atoms with van der Waals surface area (Å²) >= 11 is 3.42. The molecule has 1 aliphatic carbocycles. The van der Waals surface area contributed by atoms with Gasteiger partial charge in [0, 0.05) is 4.47 Å². The first-order valence-corrected chi connectivity index (χ1v) is 9.90. The Labute approximate surface area is 149 Å². The first-order valence-electron chi connectivity index (χ1n) is 7.56. The molecule has 1 heterocycles. The lowest BCUT2D eigenvalue weighted by atomic mass is 9.87. The van der Waals surface area contributed by atoms with Crippen molar-refractivity contribution in [3.8, 4) is 0 Å². The number of nitrogens with two attached hydrogens (primary N) is 3. The quantitative estimate of drug-likeness (QED) is 0.666. The fourth-order valence-corrected chi connectivity index (χ4v) is 4.80. The summed E-state index contributed by atoms with van der Waals surface area (Å²) in [5.41, 5.74) is 11.6. The maximum Gasteiger partial charge on any atom is 0.240 e. The molecule has 10 heteroatoms. The zero-order chi connectivity index (χ0) is 17.5. The molecular formula is C14H19BrN6O2S. The number of nitrogens with zero attached hydrogens (tertiary/aromatic N) is 3. The highest BCUT2D eigenvalue weighted by Gasteiger charge is 2.44. The molecule has 8 nitrogen and oxygen atoms in total. The Morgan fingerprint density at radius 1 is 1.17 bits per heavy atom. The molecule has 1 saturated carbocycles. The van der Waals surface area contributed by atoms with Gasteiger partial charge in [-0.15, -0.1) is 0 Å². The van der Waals surface area contributed by atoms with Gasteiger partial charge in [-0.2, -0.15) is 4.99 Å². The summed E-state index contributed by atoms with van der Waals surface area (Å²) in [6, 6.07) is 4.78. The molecule has 1 spiro atoms. The number of para-hydroxylation sites is 1. The molecule has 0 atom stereocenters. The summed E-state index contributed by atoms with van der Waals surface area (Å²) in [6.45, 7) is 0. The number of benzene rings is 1. The van der Waals surface area contributed by atoms with Crippen LogP contribution in [0.2, 0.25) is 0 Å². The van der Waals surface area contributed by atoms with Gasteiger partial charge < -0.3 is 11.5 Å². The topological polar surface area (TPSA) is 140 Å². The van der Waals surface area contributed by atoms with E-state index in [1.54, 1.807) is 17.0 Å². The summed E-state index contributed by atoms with van der Waals surface area (Å²) in [4.78, 5) is 10.2. The molecule has 1 aliphatic heterocycles. The van der Waals surface area contributed by atoms with Gasteiger partial charge in [-0.1, -0.05) is 12.5 Å². The van der Waals surface area contributed by atoms with Crippen molar-refractivity contribution in [2.75, 3.05) is 4.90 Å². The van der Waals surface area contributed by atoms with E-state index in [9.17, 15) is 8.42 Å². The first kappa shape index (κ1) is 17.2. The molecule has 1 aromatic carbocycles. The Morgan fingerprint density at radius 2 is 1.83 bits per heavy atom. The van der Waals surface area contributed by atoms with Crippen LogP contribution >= 0.6 is 15.9 Å². The second kappa shape index (κ2) is 6.01. The highest BCUT2D eigenvalue weighted by molar-refractivity contribution is 9.10. The molecule has 0 radical (unpaired) electrons. The summed E-state index contributed by atoms with van der Waals surface area (Å²) < 4.78 is 24.7. The molecule has 0 unspecified atom stereocenters. The predicted octanol–water partition coefficient (Wildman–Crippen LogP) is 1.21. The van der Waals surface area contributed by atoms with E-state index >= 15 is 0 Å². The molecule has 1 aromatic rings. The molecule has 24 heavy (non-hydrogen) atoms. The standard InChI is InChI=1S/C14H19BrN6O2S/c15-9-5-4-6-10(24(18,22)23)11(9)21-13(17)19-12(16)20-14(21)7-2-1-3-8-14/h4-6H,1-3,7-8H2,(H2,18,22,23)(H4,16,17,19,20). The van der Waals surface area contributed by atoms with Crippen LogP contribution in [-0.2, 0) is 10.0 Å². The smallest absolute Gasteiger partial charge is 0.240 e. The number of aliphatic imine (C=N–C) groups is 2. The van der Waals surface area contributed by atoms with Gasteiger partial charge in [0.25, 0.3) is 0 Å². The highest BCUT2D eigenvalue weighted by atomic mass is 79.9. The van der Waals surface area contributed by atoms with Crippen LogP contribution in [-0.4, -0.2) is 26.0 Å². The zero-order valence-corrected chi connectivity index (χ0v) is 15.3. The maximum absolute atomic E-state index is 12.1. The average Bonchev–Trinajstić information content (AvgIpc) is 2.47. The molecule has 1 fully saturated rings. The zero-order valence-electron chi connectivity index (χ0n) is 12.9. The SMILES string of the molecule is NC1=NC2(CCCCC2)N(c2c(Br)cccc2S(N)(=O)=O)C(N)=N1. The van der Waals surface area contributed by atoms with Crippen LogP contribution in [0.15, 0.2) is 37.6 Å². The van der Waals surface area contributed by atoms with Gasteiger partial charge in [-0.05, 0) is 53.7 Å². The van der Waals surface area contributed by atoms with Crippen molar-refractivity contribution < 1.29 is 8.42 Å². The van der Waals surface area contributed by atoms with Crippen molar-refractivity contribution in [2.45, 2.75) is 42.7 Å². The van der Waals surface area contributed by atoms with Gasteiger partial charge in [0.15, 0.2) is 0 Å². The van der Waals surface area contributed by atoms with E-state index in [0.29, 0.717) is 23.0 Å². The minimum Gasteiger partial charge on any atom is -0.369 e. The van der Waals surface area contributed by atoms with E-state index in [0.717, 1.165) is 19.3 Å². The Balaban J connectivity index is 2.26. The third kappa shape index (κ3) is 2.89. The number of sulfonamides is 1. The Bertz CT molecular complexity index is 830. The van der Waals surface area contributed by atoms with Crippen LogP contribution in [0.4, 0.5) is 5.69 Å². The van der Waals surface area contributed by atoms with Crippen molar-refractivity contribution in [3.05, 3.63) is 22.7 Å². The fourth-order valence-electron chi connectivity index (χ4n) is 3.39.